The molecule has 4 heteroatoms. The van der Waals surface area contributed by atoms with E-state index < -0.39 is 5.43 Å². The lowest BCUT2D eigenvalue weighted by molar-refractivity contribution is 0.293. The van der Waals surface area contributed by atoms with Crippen LogP contribution < -0.4 is 5.43 Å². The van der Waals surface area contributed by atoms with Crippen molar-refractivity contribution in [3.8, 4) is 5.75 Å². The van der Waals surface area contributed by atoms with Crippen LogP contribution in [-0.2, 0) is 13.5 Å². The lowest BCUT2D eigenvalue weighted by Gasteiger charge is -2.07. The van der Waals surface area contributed by atoms with E-state index in [-0.39, 0.29) is 12.4 Å². The van der Waals surface area contributed by atoms with E-state index in [1.165, 1.54) is 6.07 Å². The van der Waals surface area contributed by atoms with Crippen LogP contribution in [0.2, 0.25) is 0 Å². The van der Waals surface area contributed by atoms with Crippen LogP contribution in [0.3, 0.4) is 0 Å². The summed E-state index contributed by atoms with van der Waals surface area (Å²) in [5.41, 5.74) is 0.0570. The van der Waals surface area contributed by atoms with Crippen molar-refractivity contribution in [1.29, 1.82) is 0 Å². The van der Waals surface area contributed by atoms with E-state index >= 15 is 0 Å². The van der Waals surface area contributed by atoms with Crippen molar-refractivity contribution in [2.45, 2.75) is 6.42 Å². The summed E-state index contributed by atoms with van der Waals surface area (Å²) in [4.78, 5) is 10.9. The standard InChI is InChI=1S/C8H11NO3/c1-9-4-2-7(11)8(12)6(9)3-5-10/h2,4,10,12H,3,5H2,1H3. The van der Waals surface area contributed by atoms with Crippen LogP contribution in [0.1, 0.15) is 5.69 Å². The first-order chi connectivity index (χ1) is 5.66. The molecule has 12 heavy (non-hydrogen) atoms. The van der Waals surface area contributed by atoms with E-state index in [0.29, 0.717) is 12.1 Å². The molecule has 0 bridgehead atoms. The molecule has 0 aliphatic rings. The lowest BCUT2D eigenvalue weighted by Crippen LogP contribution is -2.11. The molecule has 0 saturated carbocycles. The van der Waals surface area contributed by atoms with Gasteiger partial charge in [0.1, 0.15) is 0 Å². The van der Waals surface area contributed by atoms with Gasteiger partial charge in [-0.25, -0.2) is 0 Å². The van der Waals surface area contributed by atoms with Gasteiger partial charge in [-0.15, -0.1) is 0 Å². The maximum absolute atomic E-state index is 10.9. The molecule has 0 atom stereocenters. The summed E-state index contributed by atoms with van der Waals surface area (Å²) in [6, 6.07) is 1.29. The van der Waals surface area contributed by atoms with Gasteiger partial charge in [-0.05, 0) is 0 Å². The topological polar surface area (TPSA) is 62.5 Å². The quantitative estimate of drug-likeness (QED) is 0.634. The highest BCUT2D eigenvalue weighted by molar-refractivity contribution is 5.26. The van der Waals surface area contributed by atoms with E-state index in [9.17, 15) is 9.90 Å². The fraction of sp³-hybridized carbons (Fsp3) is 0.375. The Balaban J connectivity index is 3.23. The number of hydrogen-bond donors (Lipinski definition) is 2. The third kappa shape index (κ3) is 1.48. The van der Waals surface area contributed by atoms with Gasteiger partial charge in [0.2, 0.25) is 5.43 Å². The molecule has 1 aromatic heterocycles. The zero-order valence-corrected chi connectivity index (χ0v) is 6.82. The normalized spacial score (nSPS) is 10.2. The van der Waals surface area contributed by atoms with Crippen LogP contribution in [0.15, 0.2) is 17.1 Å². The van der Waals surface area contributed by atoms with Gasteiger partial charge in [0, 0.05) is 32.3 Å². The Morgan fingerprint density at radius 1 is 1.58 bits per heavy atom. The molecule has 0 aromatic carbocycles. The fourth-order valence-electron chi connectivity index (χ4n) is 1.06. The number of aliphatic hydroxyl groups excluding tert-OH is 1. The van der Waals surface area contributed by atoms with Crippen LogP contribution in [-0.4, -0.2) is 21.4 Å². The summed E-state index contributed by atoms with van der Waals surface area (Å²) in [5, 5.41) is 17.9. The average Bonchev–Trinajstić information content (AvgIpc) is 2.06. The highest BCUT2D eigenvalue weighted by Gasteiger charge is 2.06. The Hall–Kier alpha value is -1.29. The van der Waals surface area contributed by atoms with Crippen molar-refractivity contribution in [3.63, 3.8) is 0 Å². The molecule has 0 aliphatic carbocycles. The molecule has 0 radical (unpaired) electrons. The second-order valence-corrected chi connectivity index (χ2v) is 2.56. The number of rotatable bonds is 2. The van der Waals surface area contributed by atoms with Crippen molar-refractivity contribution in [2.24, 2.45) is 7.05 Å². The first-order valence-corrected chi connectivity index (χ1v) is 3.65. The maximum atomic E-state index is 10.9. The predicted octanol–water partition coefficient (Wildman–Crippen LogP) is -0.374. The van der Waals surface area contributed by atoms with Crippen molar-refractivity contribution < 1.29 is 10.2 Å². The molecule has 4 nitrogen and oxygen atoms in total. The zero-order chi connectivity index (χ0) is 9.14. The molecule has 2 N–H and O–H groups in total. The van der Waals surface area contributed by atoms with Crippen molar-refractivity contribution >= 4 is 0 Å². The molecule has 0 aliphatic heterocycles. The Morgan fingerprint density at radius 2 is 2.25 bits per heavy atom. The van der Waals surface area contributed by atoms with E-state index in [4.69, 9.17) is 5.11 Å². The number of pyridine rings is 1. The number of aromatic hydroxyl groups is 1. The van der Waals surface area contributed by atoms with Gasteiger partial charge < -0.3 is 14.8 Å². The SMILES string of the molecule is Cn1ccc(=O)c(O)c1CCO. The fourth-order valence-corrected chi connectivity index (χ4v) is 1.06. The Kier molecular flexibility index (Phi) is 2.50. The first-order valence-electron chi connectivity index (χ1n) is 3.65. The van der Waals surface area contributed by atoms with Gasteiger partial charge in [-0.2, -0.15) is 0 Å². The molecule has 0 spiro atoms. The third-order valence-corrected chi connectivity index (χ3v) is 1.73. The number of aryl methyl sites for hydroxylation is 1. The highest BCUT2D eigenvalue weighted by atomic mass is 16.3. The van der Waals surface area contributed by atoms with Gasteiger partial charge in [0.25, 0.3) is 0 Å². The largest absolute Gasteiger partial charge is 0.503 e. The maximum Gasteiger partial charge on any atom is 0.223 e. The zero-order valence-electron chi connectivity index (χ0n) is 6.82. The smallest absolute Gasteiger partial charge is 0.223 e. The van der Waals surface area contributed by atoms with E-state index in [2.05, 4.69) is 0 Å². The predicted molar refractivity (Wildman–Crippen MR) is 44.1 cm³/mol. The van der Waals surface area contributed by atoms with Gasteiger partial charge in [-0.3, -0.25) is 4.79 Å². The molecule has 0 fully saturated rings. The van der Waals surface area contributed by atoms with Gasteiger partial charge in [0.05, 0.1) is 5.69 Å². The molecule has 0 unspecified atom stereocenters. The molecule has 1 rings (SSSR count). The minimum atomic E-state index is -0.406. The van der Waals surface area contributed by atoms with Gasteiger partial charge >= 0.3 is 0 Å². The van der Waals surface area contributed by atoms with Crippen LogP contribution in [0.5, 0.6) is 5.75 Å². The molecule has 1 heterocycles. The van der Waals surface area contributed by atoms with Crippen LogP contribution >= 0.6 is 0 Å². The highest BCUT2D eigenvalue weighted by Crippen LogP contribution is 2.09. The number of aliphatic hydroxyl groups is 1. The summed E-state index contributed by atoms with van der Waals surface area (Å²) in [6.07, 6.45) is 1.85. The molecular formula is C8H11NO3. The Bertz CT molecular complexity index is 330. The second-order valence-electron chi connectivity index (χ2n) is 2.56. The minimum absolute atomic E-state index is 0.0785. The van der Waals surface area contributed by atoms with Crippen molar-refractivity contribution in [3.05, 3.63) is 28.2 Å². The molecule has 66 valence electrons. The summed E-state index contributed by atoms with van der Waals surface area (Å²) < 4.78 is 1.62. The van der Waals surface area contributed by atoms with Crippen LogP contribution in [0, 0.1) is 0 Å². The molecule has 0 amide bonds. The molecule has 1 aromatic rings. The van der Waals surface area contributed by atoms with E-state index in [0.717, 1.165) is 0 Å². The average molecular weight is 169 g/mol. The Labute approximate surface area is 69.7 Å². The lowest BCUT2D eigenvalue weighted by atomic mass is 10.2. The number of hydrogen-bond acceptors (Lipinski definition) is 3. The number of aromatic nitrogens is 1. The second kappa shape index (κ2) is 3.40. The summed E-state index contributed by atoms with van der Waals surface area (Å²) in [7, 11) is 1.71. The molecular weight excluding hydrogens is 158 g/mol. The molecule has 0 saturated heterocycles. The number of nitrogens with zero attached hydrogens (tertiary/aromatic N) is 1. The van der Waals surface area contributed by atoms with E-state index in [1.54, 1.807) is 17.8 Å². The third-order valence-electron chi connectivity index (χ3n) is 1.73. The summed E-state index contributed by atoms with van der Waals surface area (Å²) in [6.45, 7) is -0.0785. The summed E-state index contributed by atoms with van der Waals surface area (Å²) >= 11 is 0. The van der Waals surface area contributed by atoms with Gasteiger partial charge in [-0.1, -0.05) is 0 Å². The van der Waals surface area contributed by atoms with Gasteiger partial charge in [0.15, 0.2) is 5.75 Å². The van der Waals surface area contributed by atoms with Crippen molar-refractivity contribution in [2.75, 3.05) is 6.61 Å². The minimum Gasteiger partial charge on any atom is -0.503 e. The summed E-state index contributed by atoms with van der Waals surface area (Å²) in [5.74, 6) is -0.269. The monoisotopic (exact) mass is 169 g/mol. The van der Waals surface area contributed by atoms with Crippen LogP contribution in [0.25, 0.3) is 0 Å². The Morgan fingerprint density at radius 3 is 2.83 bits per heavy atom. The van der Waals surface area contributed by atoms with E-state index in [1.807, 2.05) is 0 Å². The first kappa shape index (κ1) is 8.80. The van der Waals surface area contributed by atoms with Crippen LogP contribution in [0.4, 0.5) is 0 Å². The van der Waals surface area contributed by atoms with Crippen molar-refractivity contribution in [1.82, 2.24) is 4.57 Å².